The highest BCUT2D eigenvalue weighted by Gasteiger charge is 2.19. The predicted octanol–water partition coefficient (Wildman–Crippen LogP) is 3.64. The van der Waals surface area contributed by atoms with E-state index in [1.165, 1.54) is 11.1 Å². The molecule has 1 aliphatic carbocycles. The van der Waals surface area contributed by atoms with Crippen LogP contribution in [0.4, 0.5) is 0 Å². The largest absolute Gasteiger partial charge is 0.497 e. The van der Waals surface area contributed by atoms with Crippen LogP contribution >= 0.6 is 0 Å². The van der Waals surface area contributed by atoms with E-state index in [-0.39, 0.29) is 11.7 Å². The van der Waals surface area contributed by atoms with Crippen molar-refractivity contribution in [3.05, 3.63) is 53.6 Å². The van der Waals surface area contributed by atoms with Crippen molar-refractivity contribution in [1.82, 2.24) is 0 Å². The molecule has 0 N–H and O–H groups in total. The van der Waals surface area contributed by atoms with Crippen molar-refractivity contribution >= 4 is 5.78 Å². The molecule has 1 aliphatic rings. The van der Waals surface area contributed by atoms with E-state index >= 15 is 0 Å². The van der Waals surface area contributed by atoms with Crippen molar-refractivity contribution in [2.24, 2.45) is 0 Å². The van der Waals surface area contributed by atoms with E-state index in [1.807, 2.05) is 24.3 Å². The number of carbonyl (C=O) groups excluding carboxylic acids is 1. The summed E-state index contributed by atoms with van der Waals surface area (Å²) in [6.07, 6.45) is 7.83. The lowest BCUT2D eigenvalue weighted by atomic mass is 9.86. The van der Waals surface area contributed by atoms with Crippen LogP contribution in [0, 0.1) is 0 Å². The normalized spacial score (nSPS) is 15.3. The number of ether oxygens (including phenoxy) is 1. The molecular weight excluding hydrogens is 224 g/mol. The minimum Gasteiger partial charge on any atom is -0.497 e. The highest BCUT2D eigenvalue weighted by Crippen LogP contribution is 2.33. The van der Waals surface area contributed by atoms with Gasteiger partial charge in [-0.1, -0.05) is 35.9 Å². The lowest BCUT2D eigenvalue weighted by Gasteiger charge is -2.18. The van der Waals surface area contributed by atoms with Crippen molar-refractivity contribution < 1.29 is 9.53 Å². The third kappa shape index (κ3) is 2.89. The number of allylic oxidation sites excluding steroid dienone is 4. The molecule has 1 aromatic carbocycles. The third-order valence-corrected chi connectivity index (χ3v) is 3.26. The smallest absolute Gasteiger partial charge is 0.130 e. The molecule has 0 saturated carbocycles. The molecule has 0 aliphatic heterocycles. The average Bonchev–Trinajstić information content (AvgIpc) is 2.89. The molecule has 1 atom stereocenters. The molecule has 0 amide bonds. The fourth-order valence-corrected chi connectivity index (χ4v) is 2.31. The van der Waals surface area contributed by atoms with Gasteiger partial charge in [-0.3, -0.25) is 4.79 Å². The lowest BCUT2D eigenvalue weighted by Crippen LogP contribution is -2.06. The molecule has 0 aromatic heterocycles. The Labute approximate surface area is 108 Å². The van der Waals surface area contributed by atoms with E-state index in [0.717, 1.165) is 12.2 Å². The summed E-state index contributed by atoms with van der Waals surface area (Å²) < 4.78 is 5.16. The van der Waals surface area contributed by atoms with Gasteiger partial charge in [-0.05, 0) is 31.0 Å². The monoisotopic (exact) mass is 242 g/mol. The summed E-state index contributed by atoms with van der Waals surface area (Å²) in [6.45, 7) is 1.65. The molecular formula is C16H18O2. The Kier molecular flexibility index (Phi) is 3.98. The first kappa shape index (κ1) is 12.6. The number of methoxy groups -OCH3 is 1. The number of rotatable bonds is 5. The fourth-order valence-electron chi connectivity index (χ4n) is 2.31. The van der Waals surface area contributed by atoms with Crippen molar-refractivity contribution in [2.45, 2.75) is 25.7 Å². The Bertz CT molecular complexity index is 480. The summed E-state index contributed by atoms with van der Waals surface area (Å²) in [5.74, 6) is 1.27. The number of Topliss-reactive ketones (excluding diaryl/α,β-unsaturated/α-hetero) is 1. The summed E-state index contributed by atoms with van der Waals surface area (Å²) >= 11 is 0. The van der Waals surface area contributed by atoms with Gasteiger partial charge in [0.15, 0.2) is 0 Å². The molecule has 18 heavy (non-hydrogen) atoms. The molecule has 1 unspecified atom stereocenters. The second-order valence-electron chi connectivity index (χ2n) is 4.61. The van der Waals surface area contributed by atoms with Gasteiger partial charge in [0.05, 0.1) is 7.11 Å². The summed E-state index contributed by atoms with van der Waals surface area (Å²) in [5, 5.41) is 0. The van der Waals surface area contributed by atoms with Crippen LogP contribution in [-0.4, -0.2) is 12.9 Å². The van der Waals surface area contributed by atoms with Gasteiger partial charge in [-0.2, -0.15) is 0 Å². The van der Waals surface area contributed by atoms with Crippen LogP contribution in [0.25, 0.3) is 0 Å². The first-order valence-corrected chi connectivity index (χ1v) is 6.19. The Morgan fingerprint density at radius 2 is 2.06 bits per heavy atom. The minimum atomic E-state index is 0.198. The Morgan fingerprint density at radius 3 is 2.56 bits per heavy atom. The molecule has 2 nitrogen and oxygen atoms in total. The van der Waals surface area contributed by atoms with Gasteiger partial charge < -0.3 is 4.74 Å². The van der Waals surface area contributed by atoms with Crippen molar-refractivity contribution in [3.63, 3.8) is 0 Å². The van der Waals surface area contributed by atoms with E-state index in [4.69, 9.17) is 4.74 Å². The maximum Gasteiger partial charge on any atom is 0.130 e. The number of hydrogen-bond donors (Lipinski definition) is 0. The number of carbonyl (C=O) groups is 1. The zero-order chi connectivity index (χ0) is 13.0. The molecule has 0 heterocycles. The van der Waals surface area contributed by atoms with Gasteiger partial charge in [0.25, 0.3) is 0 Å². The van der Waals surface area contributed by atoms with Crippen molar-refractivity contribution in [2.75, 3.05) is 7.11 Å². The van der Waals surface area contributed by atoms with Gasteiger partial charge in [0.2, 0.25) is 0 Å². The van der Waals surface area contributed by atoms with E-state index < -0.39 is 0 Å². The Balaban J connectivity index is 2.24. The fraction of sp³-hybridized carbons (Fsp3) is 0.312. The maximum absolute atomic E-state index is 11.4. The molecule has 0 bridgehead atoms. The second-order valence-corrected chi connectivity index (χ2v) is 4.61. The van der Waals surface area contributed by atoms with Crippen LogP contribution in [0.2, 0.25) is 0 Å². The summed E-state index contributed by atoms with van der Waals surface area (Å²) in [7, 11) is 1.66. The lowest BCUT2D eigenvalue weighted by molar-refractivity contribution is -0.117. The zero-order valence-corrected chi connectivity index (χ0v) is 10.8. The first-order valence-electron chi connectivity index (χ1n) is 6.19. The minimum absolute atomic E-state index is 0.198. The number of benzene rings is 1. The predicted molar refractivity (Wildman–Crippen MR) is 72.9 cm³/mol. The summed E-state index contributed by atoms with van der Waals surface area (Å²) in [5.41, 5.74) is 2.50. The number of ketones is 1. The van der Waals surface area contributed by atoms with Crippen molar-refractivity contribution in [1.29, 1.82) is 0 Å². The standard InChI is InChI=1S/C16H18O2/c1-12(17)11-16(13-5-3-4-6-13)14-7-9-15(18-2)10-8-14/h3-5,7-10,16H,6,11H2,1-2H3. The van der Waals surface area contributed by atoms with Crippen molar-refractivity contribution in [3.8, 4) is 5.75 Å². The Hall–Kier alpha value is -1.83. The van der Waals surface area contributed by atoms with Crippen LogP contribution < -0.4 is 4.74 Å². The highest BCUT2D eigenvalue weighted by molar-refractivity contribution is 5.77. The molecule has 0 saturated heterocycles. The third-order valence-electron chi connectivity index (χ3n) is 3.26. The quantitative estimate of drug-likeness (QED) is 0.788. The molecule has 0 spiro atoms. The molecule has 1 aromatic rings. The van der Waals surface area contributed by atoms with E-state index in [0.29, 0.717) is 6.42 Å². The van der Waals surface area contributed by atoms with Gasteiger partial charge in [-0.25, -0.2) is 0 Å². The van der Waals surface area contributed by atoms with Crippen LogP contribution in [0.3, 0.4) is 0 Å². The average molecular weight is 242 g/mol. The van der Waals surface area contributed by atoms with Crippen LogP contribution in [-0.2, 0) is 4.79 Å². The zero-order valence-electron chi connectivity index (χ0n) is 10.8. The molecule has 94 valence electrons. The summed E-state index contributed by atoms with van der Waals surface area (Å²) in [4.78, 5) is 11.4. The topological polar surface area (TPSA) is 26.3 Å². The highest BCUT2D eigenvalue weighted by atomic mass is 16.5. The van der Waals surface area contributed by atoms with E-state index in [9.17, 15) is 4.79 Å². The molecule has 2 rings (SSSR count). The molecule has 0 radical (unpaired) electrons. The maximum atomic E-state index is 11.4. The van der Waals surface area contributed by atoms with Gasteiger partial charge in [0, 0.05) is 12.3 Å². The molecule has 2 heteroatoms. The van der Waals surface area contributed by atoms with Crippen LogP contribution in [0.15, 0.2) is 48.1 Å². The van der Waals surface area contributed by atoms with E-state index in [2.05, 4.69) is 18.2 Å². The van der Waals surface area contributed by atoms with Gasteiger partial charge in [-0.15, -0.1) is 0 Å². The summed E-state index contributed by atoms with van der Waals surface area (Å²) in [6, 6.07) is 7.99. The number of hydrogen-bond acceptors (Lipinski definition) is 2. The van der Waals surface area contributed by atoms with E-state index in [1.54, 1.807) is 14.0 Å². The van der Waals surface area contributed by atoms with Crippen LogP contribution in [0.1, 0.15) is 31.2 Å². The first-order chi connectivity index (χ1) is 8.70. The second kappa shape index (κ2) is 5.67. The molecule has 0 fully saturated rings. The SMILES string of the molecule is COc1ccc(C(CC(C)=O)C2=CC=CC2)cc1. The van der Waals surface area contributed by atoms with Gasteiger partial charge in [0.1, 0.15) is 11.5 Å². The van der Waals surface area contributed by atoms with Crippen LogP contribution in [0.5, 0.6) is 5.75 Å². The Morgan fingerprint density at radius 1 is 1.33 bits per heavy atom. The van der Waals surface area contributed by atoms with Gasteiger partial charge >= 0.3 is 0 Å².